The number of rotatable bonds is 17. The smallest absolute Gasteiger partial charge is 0.508 e. The minimum atomic E-state index is -1.41. The van der Waals surface area contributed by atoms with E-state index in [9.17, 15) is 24.8 Å². The fraction of sp³-hybridized carbons (Fsp3) is 0.0833. The van der Waals surface area contributed by atoms with Crippen LogP contribution in [0.2, 0.25) is 0 Å². The molecule has 0 spiro atoms. The number of nitrogens with zero attached hydrogens (tertiary/aromatic N) is 5. The van der Waals surface area contributed by atoms with Gasteiger partial charge < -0.3 is 39.0 Å². The number of nitro groups is 1. The molecule has 15 nitrogen and oxygen atoms in total. The molecule has 63 heavy (non-hydrogen) atoms. The van der Waals surface area contributed by atoms with E-state index in [0.717, 1.165) is 39.6 Å². The predicted molar refractivity (Wildman–Crippen MR) is 237 cm³/mol. The van der Waals surface area contributed by atoms with Gasteiger partial charge in [0, 0.05) is 58.4 Å². The van der Waals surface area contributed by atoms with Gasteiger partial charge in [-0.15, -0.1) is 0 Å². The van der Waals surface area contributed by atoms with Crippen LogP contribution in [0, 0.1) is 10.1 Å². The van der Waals surface area contributed by atoms with Gasteiger partial charge in [-0.3, -0.25) is 10.1 Å². The van der Waals surface area contributed by atoms with E-state index in [1.807, 2.05) is 114 Å². The Morgan fingerprint density at radius 3 is 1.56 bits per heavy atom. The van der Waals surface area contributed by atoms with Gasteiger partial charge in [0.2, 0.25) is 0 Å². The maximum atomic E-state index is 12.6. The predicted octanol–water partition coefficient (Wildman–Crippen LogP) is 12.5. The Morgan fingerprint density at radius 1 is 0.540 bits per heavy atom. The second kappa shape index (κ2) is 20.6. The number of para-hydroxylation sites is 1. The average molecular weight is 846 g/mol. The lowest BCUT2D eigenvalue weighted by Gasteiger charge is -2.26. The SMILES string of the molecule is O=C(O)OCCOCCOC(=O)Oc1cccc(N(c2ccc(N=Nc3ccc([N+](=O)[O-])cc3)cc2)c2ccc(-c3ccc(N(c4ccccc4)c4cccc(O)c4)cc3)cc2)c1. The van der Waals surface area contributed by atoms with Gasteiger partial charge in [0.1, 0.15) is 24.7 Å². The van der Waals surface area contributed by atoms with Gasteiger partial charge in [-0.05, 0) is 108 Å². The average Bonchev–Trinajstić information content (AvgIpc) is 3.30. The Kier molecular flexibility index (Phi) is 13.9. The number of phenolic OH excluding ortho intramolecular Hbond substituents is 1. The number of carboxylic acid groups (broad SMARTS) is 1. The van der Waals surface area contributed by atoms with Crippen molar-refractivity contribution in [2.75, 3.05) is 36.2 Å². The molecule has 0 aliphatic carbocycles. The summed E-state index contributed by atoms with van der Waals surface area (Å²) in [5.41, 5.74) is 7.78. The second-order valence-corrected chi connectivity index (χ2v) is 13.5. The molecule has 2 N–H and O–H groups in total. The fourth-order valence-corrected chi connectivity index (χ4v) is 6.42. The standard InChI is InChI=1S/C48H39N5O10/c54-45-10-4-8-43(32-45)51(38-6-2-1-3-7-38)39-20-12-34(13-21-39)35-14-22-40(23-15-35)52(41-24-16-36(17-25-41)49-50-37-18-26-42(27-19-37)53(58)59)44-9-5-11-46(33-44)63-48(57)62-31-29-60-28-30-61-47(55)56/h1-27,32-33,54H,28-31H2,(H,55,56). The van der Waals surface area contributed by atoms with Crippen molar-refractivity contribution >= 4 is 63.5 Å². The fourth-order valence-electron chi connectivity index (χ4n) is 6.42. The summed E-state index contributed by atoms with van der Waals surface area (Å²) in [4.78, 5) is 37.6. The first-order chi connectivity index (χ1) is 30.7. The number of benzene rings is 7. The Bertz CT molecular complexity index is 2660. The van der Waals surface area contributed by atoms with Crippen LogP contribution < -0.4 is 14.5 Å². The Hall–Kier alpha value is -8.56. The highest BCUT2D eigenvalue weighted by Gasteiger charge is 2.17. The quantitative estimate of drug-likeness (QED) is 0.0221. The van der Waals surface area contributed by atoms with Crippen molar-refractivity contribution in [1.29, 1.82) is 0 Å². The Balaban J connectivity index is 1.12. The number of carbonyl (C=O) groups excluding carboxylic acids is 1. The molecule has 0 amide bonds. The minimum Gasteiger partial charge on any atom is -0.508 e. The van der Waals surface area contributed by atoms with Crippen LogP contribution in [0.25, 0.3) is 11.1 Å². The summed E-state index contributed by atoms with van der Waals surface area (Å²) in [6, 6.07) is 53.2. The number of anilines is 6. The van der Waals surface area contributed by atoms with E-state index in [-0.39, 0.29) is 43.6 Å². The van der Waals surface area contributed by atoms with Crippen molar-refractivity contribution in [2.45, 2.75) is 0 Å². The van der Waals surface area contributed by atoms with E-state index in [1.54, 1.807) is 42.5 Å². The molecule has 0 aromatic heterocycles. The van der Waals surface area contributed by atoms with E-state index in [0.29, 0.717) is 17.1 Å². The molecular weight excluding hydrogens is 807 g/mol. The van der Waals surface area contributed by atoms with Gasteiger partial charge in [-0.25, -0.2) is 9.59 Å². The zero-order valence-electron chi connectivity index (χ0n) is 33.5. The normalized spacial score (nSPS) is 10.9. The van der Waals surface area contributed by atoms with Gasteiger partial charge in [0.25, 0.3) is 5.69 Å². The van der Waals surface area contributed by atoms with E-state index >= 15 is 0 Å². The van der Waals surface area contributed by atoms with Crippen molar-refractivity contribution in [3.05, 3.63) is 186 Å². The maximum Gasteiger partial charge on any atom is 0.513 e. The number of hydrogen-bond donors (Lipinski definition) is 2. The number of ether oxygens (including phenoxy) is 4. The van der Waals surface area contributed by atoms with Crippen LogP contribution in [-0.2, 0) is 14.2 Å². The van der Waals surface area contributed by atoms with Crippen LogP contribution in [0.5, 0.6) is 11.5 Å². The van der Waals surface area contributed by atoms with Crippen molar-refractivity contribution < 1.29 is 43.7 Å². The molecule has 0 fully saturated rings. The van der Waals surface area contributed by atoms with Gasteiger partial charge in [-0.1, -0.05) is 54.6 Å². The molecule has 0 aliphatic heterocycles. The summed E-state index contributed by atoms with van der Waals surface area (Å²) < 4.78 is 20.2. The molecule has 15 heteroatoms. The number of non-ortho nitro benzene ring substituents is 1. The van der Waals surface area contributed by atoms with E-state index < -0.39 is 17.2 Å². The number of nitro benzene ring substituents is 1. The van der Waals surface area contributed by atoms with Crippen LogP contribution >= 0.6 is 0 Å². The zero-order valence-corrected chi connectivity index (χ0v) is 33.5. The highest BCUT2D eigenvalue weighted by atomic mass is 16.7. The van der Waals surface area contributed by atoms with Crippen molar-refractivity contribution in [3.8, 4) is 22.6 Å². The molecule has 0 radical (unpaired) electrons. The molecule has 0 heterocycles. The van der Waals surface area contributed by atoms with Gasteiger partial charge in [-0.2, -0.15) is 10.2 Å². The molecule has 0 saturated carbocycles. The molecule has 0 atom stereocenters. The van der Waals surface area contributed by atoms with Gasteiger partial charge >= 0.3 is 12.3 Å². The van der Waals surface area contributed by atoms with Crippen molar-refractivity contribution in [3.63, 3.8) is 0 Å². The number of phenols is 1. The highest BCUT2D eigenvalue weighted by Crippen LogP contribution is 2.40. The van der Waals surface area contributed by atoms with E-state index in [4.69, 9.17) is 19.3 Å². The molecular formula is C48H39N5O10. The van der Waals surface area contributed by atoms with Crippen LogP contribution in [0.1, 0.15) is 0 Å². The molecule has 7 rings (SSSR count). The maximum absolute atomic E-state index is 12.6. The third-order valence-electron chi connectivity index (χ3n) is 9.31. The zero-order chi connectivity index (χ0) is 44.0. The lowest BCUT2D eigenvalue weighted by molar-refractivity contribution is -0.384. The molecule has 0 aliphatic rings. The Morgan fingerprint density at radius 2 is 1.02 bits per heavy atom. The van der Waals surface area contributed by atoms with Crippen LogP contribution in [0.15, 0.2) is 186 Å². The number of aromatic hydroxyl groups is 1. The van der Waals surface area contributed by atoms with Gasteiger partial charge in [0.15, 0.2) is 0 Å². The summed E-state index contributed by atoms with van der Waals surface area (Å²) in [5.74, 6) is 0.391. The number of azo groups is 1. The monoisotopic (exact) mass is 845 g/mol. The summed E-state index contributed by atoms with van der Waals surface area (Å²) in [6.07, 6.45) is -2.35. The summed E-state index contributed by atoms with van der Waals surface area (Å²) in [5, 5.41) is 38.4. The third-order valence-corrected chi connectivity index (χ3v) is 9.31. The third kappa shape index (κ3) is 11.6. The molecule has 0 saturated heterocycles. The Labute approximate surface area is 361 Å². The van der Waals surface area contributed by atoms with Crippen LogP contribution in [0.4, 0.5) is 60.8 Å². The first kappa shape index (κ1) is 42.6. The van der Waals surface area contributed by atoms with Crippen LogP contribution in [-0.4, -0.2) is 53.9 Å². The van der Waals surface area contributed by atoms with E-state index in [1.165, 1.54) is 24.3 Å². The first-order valence-electron chi connectivity index (χ1n) is 19.5. The van der Waals surface area contributed by atoms with E-state index in [2.05, 4.69) is 19.9 Å². The molecule has 7 aromatic carbocycles. The molecule has 7 aromatic rings. The molecule has 0 unspecified atom stereocenters. The van der Waals surface area contributed by atoms with Crippen molar-refractivity contribution in [1.82, 2.24) is 0 Å². The van der Waals surface area contributed by atoms with Crippen LogP contribution in [0.3, 0.4) is 0 Å². The molecule has 316 valence electrons. The first-order valence-corrected chi connectivity index (χ1v) is 19.5. The summed E-state index contributed by atoms with van der Waals surface area (Å²) in [7, 11) is 0. The van der Waals surface area contributed by atoms with Crippen molar-refractivity contribution in [2.24, 2.45) is 10.2 Å². The van der Waals surface area contributed by atoms with Gasteiger partial charge in [0.05, 0.1) is 29.5 Å². The highest BCUT2D eigenvalue weighted by molar-refractivity contribution is 5.81. The topological polar surface area (TPSA) is 186 Å². The lowest BCUT2D eigenvalue weighted by atomic mass is 10.0. The summed E-state index contributed by atoms with van der Waals surface area (Å²) >= 11 is 0. The largest absolute Gasteiger partial charge is 0.513 e. The minimum absolute atomic E-state index is 0.00842. The number of hydrogen-bond acceptors (Lipinski definition) is 13. The summed E-state index contributed by atoms with van der Waals surface area (Å²) in [6.45, 7) is -0.247. The number of carbonyl (C=O) groups is 2. The molecule has 0 bridgehead atoms. The second-order valence-electron chi connectivity index (χ2n) is 13.5. The lowest BCUT2D eigenvalue weighted by Crippen LogP contribution is -2.16.